The summed E-state index contributed by atoms with van der Waals surface area (Å²) in [7, 11) is 3.53. The van der Waals surface area contributed by atoms with Gasteiger partial charge in [0.1, 0.15) is 5.76 Å². The Morgan fingerprint density at radius 1 is 1.56 bits per heavy atom. The minimum absolute atomic E-state index is 0.154. The van der Waals surface area contributed by atoms with E-state index >= 15 is 0 Å². The number of carbonyl (C=O) groups is 1. The number of anilines is 1. The van der Waals surface area contributed by atoms with Gasteiger partial charge in [-0.15, -0.1) is 0 Å². The van der Waals surface area contributed by atoms with Gasteiger partial charge in [-0.1, -0.05) is 0 Å². The van der Waals surface area contributed by atoms with Gasteiger partial charge in [0.15, 0.2) is 12.1 Å². The Morgan fingerprint density at radius 2 is 2.33 bits per heavy atom. The first-order valence-corrected chi connectivity index (χ1v) is 5.87. The summed E-state index contributed by atoms with van der Waals surface area (Å²) in [4.78, 5) is 17.9. The van der Waals surface area contributed by atoms with Crippen LogP contribution in [0.5, 0.6) is 0 Å². The Hall–Kier alpha value is -2.11. The van der Waals surface area contributed by atoms with E-state index < -0.39 is 0 Å². The lowest BCUT2D eigenvalue weighted by atomic mass is 10.2. The Morgan fingerprint density at radius 3 is 2.94 bits per heavy atom. The molecule has 2 aromatic heterocycles. The first-order valence-electron chi connectivity index (χ1n) is 5.87. The van der Waals surface area contributed by atoms with Crippen molar-refractivity contribution in [2.24, 2.45) is 7.05 Å². The SMILES string of the molecule is CN(C(=O)c1ncoc1C1CC1)c1cnn(C)c1. The van der Waals surface area contributed by atoms with E-state index in [-0.39, 0.29) is 5.91 Å². The van der Waals surface area contributed by atoms with Gasteiger partial charge in [0, 0.05) is 26.2 Å². The van der Waals surface area contributed by atoms with Crippen LogP contribution in [0.15, 0.2) is 23.2 Å². The predicted molar refractivity (Wildman–Crippen MR) is 64.4 cm³/mol. The summed E-state index contributed by atoms with van der Waals surface area (Å²) in [6.45, 7) is 0. The van der Waals surface area contributed by atoms with Gasteiger partial charge in [-0.3, -0.25) is 9.48 Å². The molecule has 3 rings (SSSR count). The topological polar surface area (TPSA) is 64.2 Å². The molecule has 0 radical (unpaired) electrons. The van der Waals surface area contributed by atoms with Crippen LogP contribution in [0.25, 0.3) is 0 Å². The van der Waals surface area contributed by atoms with E-state index in [4.69, 9.17) is 4.42 Å². The maximum absolute atomic E-state index is 12.3. The average molecular weight is 246 g/mol. The number of nitrogens with zero attached hydrogens (tertiary/aromatic N) is 4. The molecule has 0 unspecified atom stereocenters. The Bertz CT molecular complexity index is 582. The summed E-state index contributed by atoms with van der Waals surface area (Å²) in [5.74, 6) is 0.933. The quantitative estimate of drug-likeness (QED) is 0.824. The molecule has 2 heterocycles. The van der Waals surface area contributed by atoms with Crippen molar-refractivity contribution in [2.45, 2.75) is 18.8 Å². The zero-order valence-electron chi connectivity index (χ0n) is 10.3. The van der Waals surface area contributed by atoms with Gasteiger partial charge in [-0.25, -0.2) is 4.98 Å². The highest BCUT2D eigenvalue weighted by molar-refractivity contribution is 6.05. The molecule has 0 aliphatic heterocycles. The molecule has 18 heavy (non-hydrogen) atoms. The van der Waals surface area contributed by atoms with Crippen LogP contribution in [0.4, 0.5) is 5.69 Å². The monoisotopic (exact) mass is 246 g/mol. The number of hydrogen-bond donors (Lipinski definition) is 0. The number of amides is 1. The van der Waals surface area contributed by atoms with Crippen molar-refractivity contribution < 1.29 is 9.21 Å². The fourth-order valence-electron chi connectivity index (χ4n) is 1.91. The fourth-order valence-corrected chi connectivity index (χ4v) is 1.91. The second-order valence-electron chi connectivity index (χ2n) is 4.58. The number of carbonyl (C=O) groups excluding carboxylic acids is 1. The van der Waals surface area contributed by atoms with Crippen molar-refractivity contribution in [3.8, 4) is 0 Å². The van der Waals surface area contributed by atoms with Crippen LogP contribution >= 0.6 is 0 Å². The molecule has 94 valence electrons. The second-order valence-corrected chi connectivity index (χ2v) is 4.58. The Labute approximate surface area is 104 Å². The Balaban J connectivity index is 1.87. The van der Waals surface area contributed by atoms with Crippen LogP contribution < -0.4 is 4.90 Å². The lowest BCUT2D eigenvalue weighted by Gasteiger charge is -2.13. The van der Waals surface area contributed by atoms with Crippen molar-refractivity contribution in [3.63, 3.8) is 0 Å². The average Bonchev–Trinajstić information content (AvgIpc) is 2.93. The molecule has 1 aliphatic carbocycles. The van der Waals surface area contributed by atoms with Gasteiger partial charge < -0.3 is 9.32 Å². The first-order chi connectivity index (χ1) is 8.66. The fraction of sp³-hybridized carbons (Fsp3) is 0.417. The van der Waals surface area contributed by atoms with Gasteiger partial charge in [0.2, 0.25) is 0 Å². The molecule has 6 nitrogen and oxygen atoms in total. The van der Waals surface area contributed by atoms with Crippen molar-refractivity contribution in [3.05, 3.63) is 30.2 Å². The number of oxazole rings is 1. The van der Waals surface area contributed by atoms with Crippen molar-refractivity contribution in [1.82, 2.24) is 14.8 Å². The minimum Gasteiger partial charge on any atom is -0.447 e. The molecule has 2 aromatic rings. The molecule has 1 aliphatic rings. The zero-order chi connectivity index (χ0) is 12.7. The van der Waals surface area contributed by atoms with Gasteiger partial charge in [-0.2, -0.15) is 5.10 Å². The molecule has 0 N–H and O–H groups in total. The van der Waals surface area contributed by atoms with Gasteiger partial charge in [0.25, 0.3) is 5.91 Å². The standard InChI is InChI=1S/C12H14N4O2/c1-15-6-9(5-14-15)16(2)12(17)10-11(8-3-4-8)18-7-13-10/h5-8H,3-4H2,1-2H3. The van der Waals surface area contributed by atoms with E-state index in [1.165, 1.54) is 11.3 Å². The molecule has 1 fully saturated rings. The lowest BCUT2D eigenvalue weighted by Crippen LogP contribution is -2.27. The highest BCUT2D eigenvalue weighted by Gasteiger charge is 2.33. The summed E-state index contributed by atoms with van der Waals surface area (Å²) >= 11 is 0. The van der Waals surface area contributed by atoms with E-state index in [9.17, 15) is 4.79 Å². The van der Waals surface area contributed by atoms with Gasteiger partial charge in [0.05, 0.1) is 11.9 Å². The predicted octanol–water partition coefficient (Wildman–Crippen LogP) is 1.56. The van der Waals surface area contributed by atoms with Crippen LogP contribution in [-0.2, 0) is 7.05 Å². The van der Waals surface area contributed by atoms with Crippen LogP contribution in [0.2, 0.25) is 0 Å². The number of hydrogen-bond acceptors (Lipinski definition) is 4. The highest BCUT2D eigenvalue weighted by atomic mass is 16.3. The molecule has 0 aromatic carbocycles. The smallest absolute Gasteiger partial charge is 0.280 e. The summed E-state index contributed by atoms with van der Waals surface area (Å²) in [5, 5.41) is 4.05. The third-order valence-electron chi connectivity index (χ3n) is 3.13. The number of rotatable bonds is 3. The summed E-state index contributed by atoms with van der Waals surface area (Å²) < 4.78 is 6.98. The minimum atomic E-state index is -0.154. The van der Waals surface area contributed by atoms with Crippen molar-refractivity contribution >= 4 is 11.6 Å². The summed E-state index contributed by atoms with van der Waals surface area (Å²) in [5.41, 5.74) is 1.16. The Kier molecular flexibility index (Phi) is 2.43. The van der Waals surface area contributed by atoms with E-state index in [1.807, 2.05) is 7.05 Å². The summed E-state index contributed by atoms with van der Waals surface area (Å²) in [6, 6.07) is 0. The van der Waals surface area contributed by atoms with E-state index in [2.05, 4.69) is 10.1 Å². The maximum atomic E-state index is 12.3. The molecular formula is C12H14N4O2. The van der Waals surface area contributed by atoms with Crippen molar-refractivity contribution in [1.29, 1.82) is 0 Å². The van der Waals surface area contributed by atoms with E-state index in [0.29, 0.717) is 11.6 Å². The summed E-state index contributed by atoms with van der Waals surface area (Å²) in [6.07, 6.45) is 6.93. The highest BCUT2D eigenvalue weighted by Crippen LogP contribution is 2.41. The van der Waals surface area contributed by atoms with Gasteiger partial charge in [-0.05, 0) is 12.8 Å². The lowest BCUT2D eigenvalue weighted by molar-refractivity contribution is 0.0987. The zero-order valence-corrected chi connectivity index (χ0v) is 10.3. The molecular weight excluding hydrogens is 232 g/mol. The van der Waals surface area contributed by atoms with Crippen LogP contribution in [0, 0.1) is 0 Å². The van der Waals surface area contributed by atoms with Crippen LogP contribution in [0.1, 0.15) is 35.0 Å². The molecule has 0 spiro atoms. The maximum Gasteiger partial charge on any atom is 0.280 e. The van der Waals surface area contributed by atoms with Crippen molar-refractivity contribution in [2.75, 3.05) is 11.9 Å². The van der Waals surface area contributed by atoms with Crippen LogP contribution in [0.3, 0.4) is 0 Å². The number of aromatic nitrogens is 3. The third-order valence-corrected chi connectivity index (χ3v) is 3.13. The largest absolute Gasteiger partial charge is 0.447 e. The molecule has 1 saturated carbocycles. The normalized spacial score (nSPS) is 14.8. The second kappa shape index (κ2) is 3.97. The molecule has 6 heteroatoms. The molecule has 1 amide bonds. The molecule has 0 saturated heterocycles. The number of aryl methyl sites for hydroxylation is 1. The third kappa shape index (κ3) is 1.79. The molecule has 0 atom stereocenters. The van der Waals surface area contributed by atoms with Gasteiger partial charge >= 0.3 is 0 Å². The molecule has 0 bridgehead atoms. The van der Waals surface area contributed by atoms with E-state index in [0.717, 1.165) is 24.3 Å². The first kappa shape index (κ1) is 11.0. The van der Waals surface area contributed by atoms with E-state index in [1.54, 1.807) is 24.1 Å². The van der Waals surface area contributed by atoms with Crippen LogP contribution in [-0.4, -0.2) is 27.7 Å².